The summed E-state index contributed by atoms with van der Waals surface area (Å²) in [5.41, 5.74) is 3.59. The molecule has 13 heavy (non-hydrogen) atoms. The Morgan fingerprint density at radius 1 is 1.00 bits per heavy atom. The van der Waals surface area contributed by atoms with E-state index >= 15 is 0 Å². The molecule has 0 heterocycles. The third-order valence-corrected chi connectivity index (χ3v) is 3.48. The summed E-state index contributed by atoms with van der Waals surface area (Å²) in [6.07, 6.45) is 11.1. The van der Waals surface area contributed by atoms with Crippen molar-refractivity contribution < 1.29 is 0 Å². The number of hydrogen-bond donors (Lipinski definition) is 0. The first-order valence-corrected chi connectivity index (χ1v) is 6.76. The molecule has 0 N–H and O–H groups in total. The highest BCUT2D eigenvalue weighted by molar-refractivity contribution is 9.09. The second-order valence-corrected chi connectivity index (χ2v) is 4.75. The highest BCUT2D eigenvalue weighted by atomic mass is 79.9. The summed E-state index contributed by atoms with van der Waals surface area (Å²) in [4.78, 5) is 0. The van der Waals surface area contributed by atoms with E-state index in [1.165, 1.54) is 56.7 Å². The number of alkyl halides is 1. The zero-order chi connectivity index (χ0) is 9.52. The normalized spacial score (nSPS) is 16.2. The molecule has 0 unspecified atom stereocenters. The lowest BCUT2D eigenvalue weighted by atomic mass is 9.83. The first kappa shape index (κ1) is 11.3. The summed E-state index contributed by atoms with van der Waals surface area (Å²) in [6.45, 7) is 2.28. The Balaban J connectivity index is 2.16. The van der Waals surface area contributed by atoms with Gasteiger partial charge in [0, 0.05) is 5.33 Å². The van der Waals surface area contributed by atoms with Crippen molar-refractivity contribution in [2.24, 2.45) is 0 Å². The van der Waals surface area contributed by atoms with E-state index in [-0.39, 0.29) is 0 Å². The Morgan fingerprint density at radius 3 is 2.08 bits per heavy atom. The van der Waals surface area contributed by atoms with Crippen molar-refractivity contribution in [3.8, 4) is 0 Å². The highest BCUT2D eigenvalue weighted by Gasteiger charge is 2.15. The molecule has 1 aliphatic rings. The molecular weight excluding hydrogens is 224 g/mol. The lowest BCUT2D eigenvalue weighted by Gasteiger charge is -2.24. The Morgan fingerprint density at radius 2 is 1.62 bits per heavy atom. The van der Waals surface area contributed by atoms with E-state index in [0.717, 1.165) is 0 Å². The van der Waals surface area contributed by atoms with E-state index in [4.69, 9.17) is 0 Å². The van der Waals surface area contributed by atoms with Crippen LogP contribution in [0.5, 0.6) is 0 Å². The summed E-state index contributed by atoms with van der Waals surface area (Å²) >= 11 is 3.49. The Kier molecular flexibility index (Phi) is 5.77. The average Bonchev–Trinajstić information content (AvgIpc) is 2.11. The van der Waals surface area contributed by atoms with E-state index in [2.05, 4.69) is 22.9 Å². The van der Waals surface area contributed by atoms with E-state index in [9.17, 15) is 0 Å². The summed E-state index contributed by atoms with van der Waals surface area (Å²) in [5.74, 6) is 0. The quantitative estimate of drug-likeness (QED) is 0.342. The molecule has 0 atom stereocenters. The molecule has 0 aromatic carbocycles. The van der Waals surface area contributed by atoms with Gasteiger partial charge in [-0.3, -0.25) is 0 Å². The van der Waals surface area contributed by atoms with Crippen molar-refractivity contribution in [1.29, 1.82) is 0 Å². The van der Waals surface area contributed by atoms with Crippen LogP contribution in [0.4, 0.5) is 0 Å². The Bertz CT molecular complexity index is 170. The predicted molar refractivity (Wildman–Crippen MR) is 63.4 cm³/mol. The molecule has 0 radical (unpaired) electrons. The molecule has 0 amide bonds. The molecule has 0 saturated carbocycles. The maximum Gasteiger partial charge on any atom is 0.00343 e. The van der Waals surface area contributed by atoms with Crippen molar-refractivity contribution in [2.75, 3.05) is 5.33 Å². The van der Waals surface area contributed by atoms with Crippen LogP contribution in [0.1, 0.15) is 58.3 Å². The molecule has 0 bridgehead atoms. The third-order valence-electron chi connectivity index (χ3n) is 2.92. The van der Waals surface area contributed by atoms with Crippen molar-refractivity contribution in [2.45, 2.75) is 58.3 Å². The van der Waals surface area contributed by atoms with Gasteiger partial charge in [0.1, 0.15) is 0 Å². The van der Waals surface area contributed by atoms with Gasteiger partial charge in [0.05, 0.1) is 0 Å². The largest absolute Gasteiger partial charge is 0.0928 e. The summed E-state index contributed by atoms with van der Waals surface area (Å²) in [7, 11) is 0. The van der Waals surface area contributed by atoms with Crippen LogP contribution in [0.15, 0.2) is 11.1 Å². The maximum atomic E-state index is 3.49. The van der Waals surface area contributed by atoms with Crippen LogP contribution in [-0.2, 0) is 0 Å². The summed E-state index contributed by atoms with van der Waals surface area (Å²) in [6, 6.07) is 0. The van der Waals surface area contributed by atoms with Gasteiger partial charge in [0.2, 0.25) is 0 Å². The fourth-order valence-electron chi connectivity index (χ4n) is 1.95. The molecule has 1 aliphatic carbocycles. The van der Waals surface area contributed by atoms with E-state index in [0.29, 0.717) is 0 Å². The van der Waals surface area contributed by atoms with Crippen LogP contribution in [0, 0.1) is 0 Å². The van der Waals surface area contributed by atoms with E-state index in [1.807, 2.05) is 0 Å². The third kappa shape index (κ3) is 3.84. The first-order chi connectivity index (χ1) is 6.38. The number of allylic oxidation sites excluding steroid dienone is 2. The van der Waals surface area contributed by atoms with Crippen molar-refractivity contribution in [3.63, 3.8) is 0 Å². The molecule has 0 spiro atoms. The minimum absolute atomic E-state index is 1.17. The zero-order valence-electron chi connectivity index (χ0n) is 8.74. The van der Waals surface area contributed by atoms with E-state index < -0.39 is 0 Å². The smallest absolute Gasteiger partial charge is 0.00343 e. The number of unbranched alkanes of at least 4 members (excludes halogenated alkanes) is 2. The zero-order valence-corrected chi connectivity index (χ0v) is 10.3. The number of rotatable bonds is 7. The number of halogens is 1. The van der Waals surface area contributed by atoms with Crippen molar-refractivity contribution >= 4 is 15.9 Å². The standard InChI is InChI=1S/C12H21Br/c1-2-3-4-6-11-8-9-12(11)7-5-10-13/h2-10H2,1H3. The highest BCUT2D eigenvalue weighted by Crippen LogP contribution is 2.34. The summed E-state index contributed by atoms with van der Waals surface area (Å²) in [5, 5.41) is 1.17. The Hall–Kier alpha value is 0.220. The predicted octanol–water partition coefficient (Wildman–Crippen LogP) is 4.83. The Labute approximate surface area is 90.9 Å². The van der Waals surface area contributed by atoms with Crippen LogP contribution < -0.4 is 0 Å². The lowest BCUT2D eigenvalue weighted by molar-refractivity contribution is 0.631. The van der Waals surface area contributed by atoms with Gasteiger partial charge in [-0.15, -0.1) is 0 Å². The van der Waals surface area contributed by atoms with Gasteiger partial charge in [-0.05, 0) is 38.5 Å². The van der Waals surface area contributed by atoms with E-state index in [1.54, 1.807) is 11.1 Å². The lowest BCUT2D eigenvalue weighted by Crippen LogP contribution is -2.04. The second kappa shape index (κ2) is 6.64. The van der Waals surface area contributed by atoms with Gasteiger partial charge in [-0.2, -0.15) is 0 Å². The molecule has 0 saturated heterocycles. The molecule has 0 nitrogen and oxygen atoms in total. The minimum atomic E-state index is 1.17. The minimum Gasteiger partial charge on any atom is -0.0928 e. The number of hydrogen-bond acceptors (Lipinski definition) is 0. The van der Waals surface area contributed by atoms with Gasteiger partial charge in [-0.25, -0.2) is 0 Å². The van der Waals surface area contributed by atoms with Gasteiger partial charge < -0.3 is 0 Å². The molecule has 0 aliphatic heterocycles. The first-order valence-electron chi connectivity index (χ1n) is 5.64. The van der Waals surface area contributed by atoms with Gasteiger partial charge >= 0.3 is 0 Å². The molecule has 0 aromatic heterocycles. The van der Waals surface area contributed by atoms with Crippen LogP contribution >= 0.6 is 15.9 Å². The topological polar surface area (TPSA) is 0 Å². The molecule has 76 valence electrons. The molecule has 1 heteroatoms. The molecule has 0 fully saturated rings. The monoisotopic (exact) mass is 244 g/mol. The molecule has 0 aromatic rings. The van der Waals surface area contributed by atoms with Crippen molar-refractivity contribution in [3.05, 3.63) is 11.1 Å². The molecular formula is C12H21Br. The van der Waals surface area contributed by atoms with Crippen molar-refractivity contribution in [1.82, 2.24) is 0 Å². The summed E-state index contributed by atoms with van der Waals surface area (Å²) < 4.78 is 0. The average molecular weight is 245 g/mol. The SMILES string of the molecule is CCCCCC1=C(CCCBr)CC1. The second-order valence-electron chi connectivity index (χ2n) is 3.96. The maximum absolute atomic E-state index is 3.49. The van der Waals surface area contributed by atoms with Crippen LogP contribution in [0.2, 0.25) is 0 Å². The van der Waals surface area contributed by atoms with Gasteiger partial charge in [0.25, 0.3) is 0 Å². The fourth-order valence-corrected chi connectivity index (χ4v) is 2.23. The van der Waals surface area contributed by atoms with Crippen LogP contribution in [0.3, 0.4) is 0 Å². The van der Waals surface area contributed by atoms with Gasteiger partial charge in [0.15, 0.2) is 0 Å². The molecule has 1 rings (SSSR count). The van der Waals surface area contributed by atoms with Crippen LogP contribution in [-0.4, -0.2) is 5.33 Å². The van der Waals surface area contributed by atoms with Crippen LogP contribution in [0.25, 0.3) is 0 Å². The fraction of sp³-hybridized carbons (Fsp3) is 0.833. The van der Waals surface area contributed by atoms with Gasteiger partial charge in [-0.1, -0.05) is 46.8 Å².